The summed E-state index contributed by atoms with van der Waals surface area (Å²) in [5, 5.41) is 0. The molecule has 0 heterocycles. The van der Waals surface area contributed by atoms with Gasteiger partial charge in [-0.05, 0) is 60.1 Å². The van der Waals surface area contributed by atoms with Gasteiger partial charge in [0.2, 0.25) is 0 Å². The lowest BCUT2D eigenvalue weighted by molar-refractivity contribution is 0.682. The van der Waals surface area contributed by atoms with Crippen molar-refractivity contribution in [3.63, 3.8) is 0 Å². The topological polar surface area (TPSA) is 26.0 Å². The molecule has 0 saturated heterocycles. The van der Waals surface area contributed by atoms with Gasteiger partial charge < -0.3 is 5.73 Å². The second-order valence-corrected chi connectivity index (χ2v) is 6.18. The summed E-state index contributed by atoms with van der Waals surface area (Å²) in [6.45, 7) is 0. The second-order valence-electron chi connectivity index (χ2n) is 5.26. The lowest BCUT2D eigenvalue weighted by Gasteiger charge is -2.19. The molecule has 1 aliphatic rings. The Labute approximate surface area is 123 Å². The number of benzene rings is 2. The Hall–Kier alpha value is -1.12. The molecule has 0 saturated carbocycles. The Morgan fingerprint density at radius 1 is 0.842 bits per heavy atom. The Balaban J connectivity index is 1.91. The molecule has 0 radical (unpaired) electrons. The molecule has 0 fully saturated rings. The molecule has 0 aliphatic heterocycles. The lowest BCUT2D eigenvalue weighted by atomic mass is 9.88. The monoisotopic (exact) mass is 315 g/mol. The molecule has 0 amide bonds. The third kappa shape index (κ3) is 2.75. The standard InChI is InChI=1S/C17H18BrN/c18-16-9-7-13(8-10-16)17(19)15-6-5-12-3-1-2-4-14(12)11-15/h5-11,17H,1-4,19H2. The first-order chi connectivity index (χ1) is 9.24. The molecule has 2 heteroatoms. The third-order valence-corrected chi connectivity index (χ3v) is 4.49. The van der Waals surface area contributed by atoms with Crippen molar-refractivity contribution < 1.29 is 0 Å². The third-order valence-electron chi connectivity index (χ3n) is 3.96. The lowest BCUT2D eigenvalue weighted by Crippen LogP contribution is -2.13. The average Bonchev–Trinajstić information content (AvgIpc) is 2.47. The first-order valence-corrected chi connectivity index (χ1v) is 7.66. The zero-order chi connectivity index (χ0) is 13.2. The van der Waals surface area contributed by atoms with Gasteiger partial charge in [-0.15, -0.1) is 0 Å². The second kappa shape index (κ2) is 5.48. The van der Waals surface area contributed by atoms with Gasteiger partial charge in [-0.1, -0.05) is 46.3 Å². The number of rotatable bonds is 2. The summed E-state index contributed by atoms with van der Waals surface area (Å²) in [6, 6.07) is 15.0. The van der Waals surface area contributed by atoms with Crippen LogP contribution in [0.2, 0.25) is 0 Å². The van der Waals surface area contributed by atoms with Crippen molar-refractivity contribution in [3.8, 4) is 0 Å². The highest BCUT2D eigenvalue weighted by molar-refractivity contribution is 9.10. The largest absolute Gasteiger partial charge is 0.320 e. The fraction of sp³-hybridized carbons (Fsp3) is 0.294. The average molecular weight is 316 g/mol. The zero-order valence-corrected chi connectivity index (χ0v) is 12.5. The van der Waals surface area contributed by atoms with Gasteiger partial charge >= 0.3 is 0 Å². The molecule has 2 aromatic carbocycles. The van der Waals surface area contributed by atoms with E-state index in [-0.39, 0.29) is 6.04 Å². The van der Waals surface area contributed by atoms with Crippen molar-refractivity contribution in [3.05, 3.63) is 69.2 Å². The van der Waals surface area contributed by atoms with E-state index in [1.54, 1.807) is 0 Å². The summed E-state index contributed by atoms with van der Waals surface area (Å²) in [6.07, 6.45) is 5.06. The summed E-state index contributed by atoms with van der Waals surface area (Å²) in [5.74, 6) is 0. The SMILES string of the molecule is NC(c1ccc(Br)cc1)c1ccc2c(c1)CCCC2. The van der Waals surface area contributed by atoms with E-state index in [4.69, 9.17) is 5.73 Å². The van der Waals surface area contributed by atoms with Crippen molar-refractivity contribution in [2.45, 2.75) is 31.7 Å². The first kappa shape index (κ1) is 12.9. The highest BCUT2D eigenvalue weighted by Gasteiger charge is 2.13. The number of nitrogens with two attached hydrogens (primary N) is 1. The van der Waals surface area contributed by atoms with Crippen LogP contribution >= 0.6 is 15.9 Å². The minimum absolute atomic E-state index is 0.0275. The van der Waals surface area contributed by atoms with Crippen LogP contribution in [0.4, 0.5) is 0 Å². The predicted molar refractivity (Wildman–Crippen MR) is 83.3 cm³/mol. The van der Waals surface area contributed by atoms with Crippen LogP contribution in [0.25, 0.3) is 0 Å². The highest BCUT2D eigenvalue weighted by atomic mass is 79.9. The van der Waals surface area contributed by atoms with Gasteiger partial charge in [0.25, 0.3) is 0 Å². The molecule has 2 aromatic rings. The summed E-state index contributed by atoms with van der Waals surface area (Å²) >= 11 is 3.46. The molecular weight excluding hydrogens is 298 g/mol. The molecule has 2 N–H and O–H groups in total. The van der Waals surface area contributed by atoms with E-state index < -0.39 is 0 Å². The smallest absolute Gasteiger partial charge is 0.0551 e. The van der Waals surface area contributed by atoms with Gasteiger partial charge in [0.1, 0.15) is 0 Å². The van der Waals surface area contributed by atoms with Crippen molar-refractivity contribution in [1.82, 2.24) is 0 Å². The molecule has 0 spiro atoms. The fourth-order valence-corrected chi connectivity index (χ4v) is 3.07. The van der Waals surface area contributed by atoms with E-state index in [9.17, 15) is 0 Å². The number of hydrogen-bond donors (Lipinski definition) is 1. The van der Waals surface area contributed by atoms with E-state index in [2.05, 4.69) is 46.3 Å². The molecule has 3 rings (SSSR count). The summed E-state index contributed by atoms with van der Waals surface area (Å²) < 4.78 is 1.09. The molecule has 0 bridgehead atoms. The van der Waals surface area contributed by atoms with Crippen molar-refractivity contribution in [1.29, 1.82) is 0 Å². The normalized spacial score (nSPS) is 15.9. The van der Waals surface area contributed by atoms with Gasteiger partial charge in [0.05, 0.1) is 6.04 Å². The van der Waals surface area contributed by atoms with Crippen molar-refractivity contribution in [2.75, 3.05) is 0 Å². The number of aryl methyl sites for hydroxylation is 2. The van der Waals surface area contributed by atoms with E-state index in [1.807, 2.05) is 12.1 Å². The molecule has 1 unspecified atom stereocenters. The number of fused-ring (bicyclic) bond motifs is 1. The van der Waals surface area contributed by atoms with E-state index in [1.165, 1.54) is 47.9 Å². The first-order valence-electron chi connectivity index (χ1n) is 6.87. The highest BCUT2D eigenvalue weighted by Crippen LogP contribution is 2.27. The molecule has 1 aliphatic carbocycles. The summed E-state index contributed by atoms with van der Waals surface area (Å²) in [7, 11) is 0. The summed E-state index contributed by atoms with van der Waals surface area (Å²) in [4.78, 5) is 0. The van der Waals surface area contributed by atoms with E-state index in [0.29, 0.717) is 0 Å². The van der Waals surface area contributed by atoms with Gasteiger partial charge in [-0.25, -0.2) is 0 Å². The van der Waals surface area contributed by atoms with Crippen LogP contribution < -0.4 is 5.73 Å². The van der Waals surface area contributed by atoms with E-state index in [0.717, 1.165) is 4.47 Å². The zero-order valence-electron chi connectivity index (χ0n) is 10.9. The Bertz CT molecular complexity index is 574. The van der Waals surface area contributed by atoms with Crippen LogP contribution in [0.15, 0.2) is 46.9 Å². The molecular formula is C17H18BrN. The maximum absolute atomic E-state index is 6.38. The van der Waals surface area contributed by atoms with Crippen LogP contribution in [0.1, 0.15) is 41.1 Å². The predicted octanol–water partition coefficient (Wildman–Crippen LogP) is 4.38. The van der Waals surface area contributed by atoms with Gasteiger partial charge in [0.15, 0.2) is 0 Å². The minimum atomic E-state index is -0.0275. The van der Waals surface area contributed by atoms with Crippen LogP contribution in [0, 0.1) is 0 Å². The van der Waals surface area contributed by atoms with Gasteiger partial charge in [0, 0.05) is 4.47 Å². The van der Waals surface area contributed by atoms with Crippen LogP contribution in [0.3, 0.4) is 0 Å². The van der Waals surface area contributed by atoms with Crippen molar-refractivity contribution in [2.24, 2.45) is 5.73 Å². The van der Waals surface area contributed by atoms with Gasteiger partial charge in [-0.2, -0.15) is 0 Å². The van der Waals surface area contributed by atoms with Crippen LogP contribution in [-0.2, 0) is 12.8 Å². The number of halogens is 1. The molecule has 0 aromatic heterocycles. The van der Waals surface area contributed by atoms with Crippen molar-refractivity contribution >= 4 is 15.9 Å². The summed E-state index contributed by atoms with van der Waals surface area (Å²) in [5.41, 5.74) is 11.8. The maximum atomic E-state index is 6.38. The molecule has 98 valence electrons. The molecule has 19 heavy (non-hydrogen) atoms. The Kier molecular flexibility index (Phi) is 3.72. The Morgan fingerprint density at radius 2 is 1.47 bits per heavy atom. The number of hydrogen-bond acceptors (Lipinski definition) is 1. The Morgan fingerprint density at radius 3 is 2.21 bits per heavy atom. The van der Waals surface area contributed by atoms with Crippen LogP contribution in [-0.4, -0.2) is 0 Å². The van der Waals surface area contributed by atoms with E-state index >= 15 is 0 Å². The molecule has 1 atom stereocenters. The quantitative estimate of drug-likeness (QED) is 0.874. The maximum Gasteiger partial charge on any atom is 0.0551 e. The molecule has 1 nitrogen and oxygen atoms in total. The van der Waals surface area contributed by atoms with Crippen LogP contribution in [0.5, 0.6) is 0 Å². The van der Waals surface area contributed by atoms with Gasteiger partial charge in [-0.3, -0.25) is 0 Å². The fourth-order valence-electron chi connectivity index (χ4n) is 2.81. The minimum Gasteiger partial charge on any atom is -0.320 e.